The summed E-state index contributed by atoms with van der Waals surface area (Å²) in [4.78, 5) is 4.29. The molecule has 1 heterocycles. The first-order valence-corrected chi connectivity index (χ1v) is 5.73. The fourth-order valence-corrected chi connectivity index (χ4v) is 1.95. The minimum atomic E-state index is 0.419. The molecule has 16 heavy (non-hydrogen) atoms. The third kappa shape index (κ3) is 2.20. The molecule has 3 nitrogen and oxygen atoms in total. The summed E-state index contributed by atoms with van der Waals surface area (Å²) in [6.45, 7) is 4.59. The predicted molar refractivity (Wildman–Crippen MR) is 65.7 cm³/mol. The number of benzene rings is 1. The first-order valence-electron chi connectivity index (χ1n) is 5.35. The van der Waals surface area contributed by atoms with Gasteiger partial charge in [0.05, 0.1) is 0 Å². The second-order valence-electron chi connectivity index (χ2n) is 4.19. The molecule has 1 unspecified atom stereocenters. The Morgan fingerprint density at radius 3 is 2.94 bits per heavy atom. The van der Waals surface area contributed by atoms with Crippen LogP contribution in [-0.4, -0.2) is 11.5 Å². The highest BCUT2D eigenvalue weighted by Gasteiger charge is 2.10. The first kappa shape index (κ1) is 11.4. The summed E-state index contributed by atoms with van der Waals surface area (Å²) >= 11 is 6.18. The van der Waals surface area contributed by atoms with Crippen molar-refractivity contribution in [3.8, 4) is 0 Å². The number of rotatable bonds is 3. The van der Waals surface area contributed by atoms with Crippen LogP contribution in [0.15, 0.2) is 16.5 Å². The Kier molecular flexibility index (Phi) is 3.17. The van der Waals surface area contributed by atoms with Crippen molar-refractivity contribution in [3.05, 3.63) is 28.6 Å². The molecule has 2 rings (SSSR count). The minimum Gasteiger partial charge on any atom is -0.441 e. The molecule has 1 aromatic heterocycles. The summed E-state index contributed by atoms with van der Waals surface area (Å²) < 4.78 is 5.41. The van der Waals surface area contributed by atoms with Crippen molar-refractivity contribution in [2.24, 2.45) is 11.7 Å². The molecule has 4 heteroatoms. The lowest BCUT2D eigenvalue weighted by Crippen LogP contribution is -2.13. The number of oxazole rings is 1. The van der Waals surface area contributed by atoms with Gasteiger partial charge in [0.25, 0.3) is 0 Å². The number of nitrogens with two attached hydrogens (primary N) is 1. The average molecular weight is 239 g/mol. The molecule has 0 aliphatic rings. The van der Waals surface area contributed by atoms with Gasteiger partial charge in [-0.1, -0.05) is 18.5 Å². The van der Waals surface area contributed by atoms with Crippen LogP contribution in [0.4, 0.5) is 0 Å². The Balaban J connectivity index is 2.41. The molecule has 1 atom stereocenters. The van der Waals surface area contributed by atoms with Gasteiger partial charge in [0, 0.05) is 18.0 Å². The van der Waals surface area contributed by atoms with Crippen molar-refractivity contribution in [2.45, 2.75) is 20.3 Å². The quantitative estimate of drug-likeness (QED) is 0.895. The summed E-state index contributed by atoms with van der Waals surface area (Å²) in [5.41, 5.74) is 8.30. The fourth-order valence-electron chi connectivity index (χ4n) is 1.72. The van der Waals surface area contributed by atoms with Crippen LogP contribution in [0.2, 0.25) is 5.02 Å². The van der Waals surface area contributed by atoms with E-state index in [1.807, 2.05) is 19.1 Å². The molecule has 0 bridgehead atoms. The predicted octanol–water partition coefficient (Wildman–Crippen LogP) is 2.93. The lowest BCUT2D eigenvalue weighted by Gasteiger charge is -2.09. The zero-order valence-corrected chi connectivity index (χ0v) is 10.2. The van der Waals surface area contributed by atoms with Crippen molar-refractivity contribution in [3.63, 3.8) is 0 Å². The number of halogens is 1. The second kappa shape index (κ2) is 4.44. The zero-order valence-electron chi connectivity index (χ0n) is 9.46. The largest absolute Gasteiger partial charge is 0.441 e. The molecule has 2 N–H and O–H groups in total. The average Bonchev–Trinajstić information content (AvgIpc) is 2.58. The summed E-state index contributed by atoms with van der Waals surface area (Å²) in [6.07, 6.45) is 0.872. The smallest absolute Gasteiger partial charge is 0.192 e. The van der Waals surface area contributed by atoms with E-state index in [0.29, 0.717) is 18.4 Å². The molecular weight excluding hydrogens is 224 g/mol. The van der Waals surface area contributed by atoms with Crippen molar-refractivity contribution in [1.29, 1.82) is 0 Å². The Morgan fingerprint density at radius 1 is 1.50 bits per heavy atom. The molecule has 0 saturated carbocycles. The van der Waals surface area contributed by atoms with E-state index in [1.54, 1.807) is 0 Å². The van der Waals surface area contributed by atoms with Gasteiger partial charge < -0.3 is 10.2 Å². The molecule has 0 fully saturated rings. The van der Waals surface area contributed by atoms with E-state index in [-0.39, 0.29) is 0 Å². The van der Waals surface area contributed by atoms with Crippen LogP contribution in [0, 0.1) is 12.8 Å². The van der Waals surface area contributed by atoms with Crippen LogP contribution in [0.25, 0.3) is 11.1 Å². The second-order valence-corrected chi connectivity index (χ2v) is 4.60. The van der Waals surface area contributed by atoms with Crippen molar-refractivity contribution < 1.29 is 4.42 Å². The lowest BCUT2D eigenvalue weighted by atomic mass is 10.0. The van der Waals surface area contributed by atoms with Gasteiger partial charge in [-0.25, -0.2) is 4.98 Å². The van der Waals surface area contributed by atoms with Gasteiger partial charge in [0.15, 0.2) is 11.5 Å². The number of hydrogen-bond donors (Lipinski definition) is 1. The number of aromatic nitrogens is 1. The summed E-state index contributed by atoms with van der Waals surface area (Å²) in [5.74, 6) is 1.08. The van der Waals surface area contributed by atoms with Crippen molar-refractivity contribution in [2.75, 3.05) is 6.54 Å². The lowest BCUT2D eigenvalue weighted by molar-refractivity contribution is 0.561. The van der Waals surface area contributed by atoms with Crippen LogP contribution < -0.4 is 5.73 Å². The molecule has 0 aliphatic carbocycles. The van der Waals surface area contributed by atoms with Crippen molar-refractivity contribution in [1.82, 2.24) is 4.98 Å². The number of hydrogen-bond acceptors (Lipinski definition) is 3. The molecule has 0 amide bonds. The zero-order chi connectivity index (χ0) is 11.7. The highest BCUT2D eigenvalue weighted by atomic mass is 35.5. The molecule has 86 valence electrons. The van der Waals surface area contributed by atoms with E-state index < -0.39 is 0 Å². The standard InChI is InChI=1S/C12H15ClN2O/c1-7(6-14)3-9-4-11-12(5-10(9)13)16-8(2)15-11/h4-5,7H,3,6,14H2,1-2H3. The topological polar surface area (TPSA) is 52.0 Å². The van der Waals surface area contributed by atoms with E-state index in [2.05, 4.69) is 11.9 Å². The Bertz CT molecular complexity index is 507. The summed E-state index contributed by atoms with van der Waals surface area (Å²) in [7, 11) is 0. The highest BCUT2D eigenvalue weighted by molar-refractivity contribution is 6.32. The van der Waals surface area contributed by atoms with Gasteiger partial charge in [-0.3, -0.25) is 0 Å². The molecular formula is C12H15ClN2O. The van der Waals surface area contributed by atoms with Crippen LogP contribution in [0.1, 0.15) is 18.4 Å². The van der Waals surface area contributed by atoms with Crippen molar-refractivity contribution >= 4 is 22.7 Å². The SMILES string of the molecule is Cc1nc2cc(CC(C)CN)c(Cl)cc2o1. The molecule has 0 aliphatic heterocycles. The Hall–Kier alpha value is -1.06. The van der Waals surface area contributed by atoms with E-state index in [9.17, 15) is 0 Å². The summed E-state index contributed by atoms with van der Waals surface area (Å²) in [6, 6.07) is 3.82. The van der Waals surface area contributed by atoms with Gasteiger partial charge >= 0.3 is 0 Å². The molecule has 0 radical (unpaired) electrons. The molecule has 1 aromatic carbocycles. The van der Waals surface area contributed by atoms with E-state index in [4.69, 9.17) is 21.8 Å². The molecule has 0 spiro atoms. The van der Waals surface area contributed by atoms with E-state index in [0.717, 1.165) is 28.1 Å². The van der Waals surface area contributed by atoms with Gasteiger partial charge in [-0.05, 0) is 30.5 Å². The number of nitrogens with zero attached hydrogens (tertiary/aromatic N) is 1. The first-order chi connectivity index (χ1) is 7.60. The van der Waals surface area contributed by atoms with Crippen LogP contribution in [-0.2, 0) is 6.42 Å². The number of fused-ring (bicyclic) bond motifs is 1. The van der Waals surface area contributed by atoms with Gasteiger partial charge in [0.1, 0.15) is 5.52 Å². The summed E-state index contributed by atoms with van der Waals surface area (Å²) in [5, 5.41) is 0.726. The van der Waals surface area contributed by atoms with E-state index in [1.165, 1.54) is 0 Å². The van der Waals surface area contributed by atoms with Gasteiger partial charge in [-0.2, -0.15) is 0 Å². The highest BCUT2D eigenvalue weighted by Crippen LogP contribution is 2.26. The van der Waals surface area contributed by atoms with Gasteiger partial charge in [-0.15, -0.1) is 0 Å². The fraction of sp³-hybridized carbons (Fsp3) is 0.417. The maximum atomic E-state index is 6.18. The Morgan fingerprint density at radius 2 is 2.25 bits per heavy atom. The third-order valence-electron chi connectivity index (χ3n) is 2.63. The molecule has 2 aromatic rings. The monoisotopic (exact) mass is 238 g/mol. The maximum Gasteiger partial charge on any atom is 0.192 e. The van der Waals surface area contributed by atoms with Crippen LogP contribution in [0.3, 0.4) is 0 Å². The van der Waals surface area contributed by atoms with E-state index >= 15 is 0 Å². The minimum absolute atomic E-state index is 0.419. The van der Waals surface area contributed by atoms with Crippen LogP contribution >= 0.6 is 11.6 Å². The molecule has 0 saturated heterocycles. The normalized spacial score (nSPS) is 13.2. The maximum absolute atomic E-state index is 6.18. The van der Waals surface area contributed by atoms with Gasteiger partial charge in [0.2, 0.25) is 0 Å². The van der Waals surface area contributed by atoms with Crippen LogP contribution in [0.5, 0.6) is 0 Å². The third-order valence-corrected chi connectivity index (χ3v) is 2.99. The number of aryl methyl sites for hydroxylation is 1. The Labute approximate surface area is 99.6 Å².